The quantitative estimate of drug-likeness (QED) is 0.501. The Balaban J connectivity index is 0.00000140. The summed E-state index contributed by atoms with van der Waals surface area (Å²) in [4.78, 5) is 0. The second kappa shape index (κ2) is 9.02. The van der Waals surface area contributed by atoms with E-state index in [4.69, 9.17) is 0 Å². The van der Waals surface area contributed by atoms with Crippen LogP contribution in [-0.2, 0) is 23.2 Å². The van der Waals surface area contributed by atoms with E-state index in [1.165, 1.54) is 19.3 Å². The minimum absolute atomic E-state index is 0. The summed E-state index contributed by atoms with van der Waals surface area (Å²) in [5.74, 6) is 0.910. The molecule has 1 aliphatic heterocycles. The van der Waals surface area contributed by atoms with Crippen molar-refractivity contribution in [2.24, 2.45) is 11.3 Å². The zero-order valence-electron chi connectivity index (χ0n) is 18.5. The van der Waals surface area contributed by atoms with Crippen LogP contribution >= 0.6 is 0 Å². The molecule has 3 atom stereocenters. The van der Waals surface area contributed by atoms with E-state index < -0.39 is 31.3 Å². The van der Waals surface area contributed by atoms with Crippen LogP contribution in [0.4, 0.5) is 0 Å². The first-order valence-electron chi connectivity index (χ1n) is 10.8. The van der Waals surface area contributed by atoms with Gasteiger partial charge in [-0.25, -0.2) is 0 Å². The topological polar surface area (TPSA) is 0 Å². The van der Waals surface area contributed by atoms with Crippen LogP contribution in [0.2, 0.25) is 27.3 Å². The van der Waals surface area contributed by atoms with Crippen LogP contribution in [0.25, 0.3) is 0 Å². The van der Waals surface area contributed by atoms with E-state index in [1.54, 1.807) is 34.9 Å². The summed E-state index contributed by atoms with van der Waals surface area (Å²) < 4.78 is 3.03. The van der Waals surface area contributed by atoms with Gasteiger partial charge in [-0.15, -0.1) is 0 Å². The van der Waals surface area contributed by atoms with Crippen LogP contribution < -0.4 is 24.8 Å². The predicted octanol–water partition coefficient (Wildman–Crippen LogP) is 1.66. The largest absolute Gasteiger partial charge is 1.00 e. The molecule has 0 bridgehead atoms. The summed E-state index contributed by atoms with van der Waals surface area (Å²) >= 11 is -0.566. The fourth-order valence-electron chi connectivity index (χ4n) is 6.46. The van der Waals surface area contributed by atoms with Gasteiger partial charge in [-0.1, -0.05) is 0 Å². The summed E-state index contributed by atoms with van der Waals surface area (Å²) in [6, 6.07) is 4.81. The van der Waals surface area contributed by atoms with Crippen LogP contribution in [0.15, 0.2) is 43.8 Å². The maximum Gasteiger partial charge on any atom is -1.00 e. The summed E-state index contributed by atoms with van der Waals surface area (Å²) in [5.41, 5.74) is 8.31. The van der Waals surface area contributed by atoms with Gasteiger partial charge in [-0.3, -0.25) is 0 Å². The van der Waals surface area contributed by atoms with Gasteiger partial charge in [0, 0.05) is 0 Å². The monoisotopic (exact) mass is 512 g/mol. The normalized spacial score (nSPS) is 32.1. The van der Waals surface area contributed by atoms with Crippen molar-refractivity contribution in [3.05, 3.63) is 43.8 Å². The first kappa shape index (κ1) is 24.9. The Labute approximate surface area is 198 Å². The molecule has 3 aliphatic carbocycles. The standard InChI is InChI=1S/C14H21Si.C10H15.2ClH.Zr/c1-2-15(10-5-11-15)14-9-8-12-6-3-4-7-13(12)14;1-7-6-10(4,5)9(3)8(7)2;;;/h3-4,7,9,12,14H,2,5-6,8,10-11H2,1H3;1-5H3;2*1H;/q;;;;+2/p-2. The van der Waals surface area contributed by atoms with Crippen molar-refractivity contribution in [1.29, 1.82) is 0 Å². The maximum atomic E-state index is 2.58. The predicted molar refractivity (Wildman–Crippen MR) is 113 cm³/mol. The van der Waals surface area contributed by atoms with E-state index in [0.29, 0.717) is 5.41 Å². The molecular formula is C24H36Cl2SiZr. The molecule has 4 heteroatoms. The minimum atomic E-state index is -1.03. The van der Waals surface area contributed by atoms with Crippen molar-refractivity contribution >= 4 is 8.07 Å². The molecule has 4 rings (SSSR count). The van der Waals surface area contributed by atoms with E-state index >= 15 is 0 Å². The van der Waals surface area contributed by atoms with Gasteiger partial charge >= 0.3 is 175 Å². The minimum Gasteiger partial charge on any atom is -1.00 e. The van der Waals surface area contributed by atoms with E-state index in [1.807, 2.05) is 8.85 Å². The van der Waals surface area contributed by atoms with Crippen molar-refractivity contribution in [3.8, 4) is 0 Å². The second-order valence-corrected chi connectivity index (χ2v) is 18.8. The van der Waals surface area contributed by atoms with Gasteiger partial charge in [-0.2, -0.15) is 0 Å². The molecule has 0 radical (unpaired) electrons. The molecule has 1 heterocycles. The number of hydrogen-bond acceptors (Lipinski definition) is 0. The molecule has 0 aromatic rings. The van der Waals surface area contributed by atoms with E-state index in [2.05, 4.69) is 59.8 Å². The molecule has 1 saturated heterocycles. The first-order valence-corrected chi connectivity index (χ1v) is 16.2. The molecule has 154 valence electrons. The van der Waals surface area contributed by atoms with Crippen molar-refractivity contribution in [2.75, 3.05) is 0 Å². The van der Waals surface area contributed by atoms with Gasteiger partial charge in [0.05, 0.1) is 0 Å². The smallest absolute Gasteiger partial charge is 1.00 e. The van der Waals surface area contributed by atoms with Crippen LogP contribution in [0.5, 0.6) is 0 Å². The molecule has 1 saturated carbocycles. The van der Waals surface area contributed by atoms with Gasteiger partial charge in [0.1, 0.15) is 0 Å². The van der Waals surface area contributed by atoms with E-state index in [9.17, 15) is 0 Å². The number of fused-ring (bicyclic) bond motifs is 1. The zero-order chi connectivity index (χ0) is 18.7. The molecule has 0 nitrogen and oxygen atoms in total. The van der Waals surface area contributed by atoms with Gasteiger partial charge < -0.3 is 24.8 Å². The van der Waals surface area contributed by atoms with Crippen molar-refractivity contribution < 1.29 is 48.0 Å². The molecular weight excluding hydrogens is 478 g/mol. The molecule has 4 aliphatic rings. The fraction of sp³-hybridized carbons (Fsp3) is 0.667. The molecule has 2 fully saturated rings. The van der Waals surface area contributed by atoms with Crippen LogP contribution in [-0.4, -0.2) is 8.07 Å². The third kappa shape index (κ3) is 3.72. The second-order valence-electron chi connectivity index (χ2n) is 9.94. The van der Waals surface area contributed by atoms with E-state index in [-0.39, 0.29) is 24.8 Å². The molecule has 0 N–H and O–H groups in total. The molecule has 3 unspecified atom stereocenters. The third-order valence-electron chi connectivity index (χ3n) is 8.72. The SMILES string of the molecule is CC[Si]1(C2C3=CC=CCC3C[CH]2[Zr+2][C]2=C(C)C(C)=C(C)C2(C)C)CCC1.[Cl-].[Cl-]. The third-order valence-corrected chi connectivity index (χ3v) is 21.2. The average Bonchev–Trinajstić information content (AvgIpc) is 3.01. The summed E-state index contributed by atoms with van der Waals surface area (Å²) in [6.07, 6.45) is 11.8. The summed E-state index contributed by atoms with van der Waals surface area (Å²) in [5, 5.41) is 0. The summed E-state index contributed by atoms with van der Waals surface area (Å²) in [7, 11) is -1.03. The summed E-state index contributed by atoms with van der Waals surface area (Å²) in [6.45, 7) is 14.8. The Hall–Kier alpha value is 0.640. The fourth-order valence-corrected chi connectivity index (χ4v) is 19.7. The Kier molecular flexibility index (Phi) is 8.02. The van der Waals surface area contributed by atoms with Crippen LogP contribution in [0.1, 0.15) is 60.8 Å². The molecule has 0 amide bonds. The Morgan fingerprint density at radius 2 is 1.79 bits per heavy atom. The van der Waals surface area contributed by atoms with Crippen molar-refractivity contribution in [2.45, 2.75) is 88.1 Å². The van der Waals surface area contributed by atoms with E-state index in [0.717, 1.165) is 15.1 Å². The average molecular weight is 515 g/mol. The molecule has 0 aromatic heterocycles. The van der Waals surface area contributed by atoms with Gasteiger partial charge in [0.15, 0.2) is 0 Å². The zero-order valence-corrected chi connectivity index (χ0v) is 23.4. The van der Waals surface area contributed by atoms with Crippen molar-refractivity contribution in [1.82, 2.24) is 0 Å². The Morgan fingerprint density at radius 1 is 1.11 bits per heavy atom. The molecule has 28 heavy (non-hydrogen) atoms. The number of allylic oxidation sites excluding steroid dienone is 8. The number of halogens is 2. The first-order chi connectivity index (χ1) is 12.3. The van der Waals surface area contributed by atoms with Gasteiger partial charge in [0.25, 0.3) is 0 Å². The van der Waals surface area contributed by atoms with Crippen molar-refractivity contribution in [3.63, 3.8) is 0 Å². The van der Waals surface area contributed by atoms with Gasteiger partial charge in [0.2, 0.25) is 0 Å². The number of rotatable bonds is 4. The Bertz CT molecular complexity index is 734. The maximum absolute atomic E-state index is 2.58. The van der Waals surface area contributed by atoms with Gasteiger partial charge in [-0.05, 0) is 0 Å². The number of hydrogen-bond donors (Lipinski definition) is 0. The van der Waals surface area contributed by atoms with Crippen LogP contribution in [0.3, 0.4) is 0 Å². The van der Waals surface area contributed by atoms with Crippen LogP contribution in [0, 0.1) is 11.3 Å². The Morgan fingerprint density at radius 3 is 2.29 bits per heavy atom. The molecule has 0 spiro atoms. The molecule has 0 aromatic carbocycles.